The Morgan fingerprint density at radius 3 is 2.84 bits per heavy atom. The van der Waals surface area contributed by atoms with Gasteiger partial charge in [-0.2, -0.15) is 0 Å². The Hall–Kier alpha value is -1.55. The Bertz CT molecular complexity index is 429. The van der Waals surface area contributed by atoms with E-state index in [1.807, 2.05) is 25.1 Å². The summed E-state index contributed by atoms with van der Waals surface area (Å²) in [6.45, 7) is 3.41. The molecule has 4 nitrogen and oxygen atoms in total. The summed E-state index contributed by atoms with van der Waals surface area (Å²) in [7, 11) is 1.66. The molecule has 1 aliphatic rings. The average Bonchev–Trinajstić information content (AvgIpc) is 3.23. The van der Waals surface area contributed by atoms with Crippen LogP contribution in [0.1, 0.15) is 25.3 Å². The third-order valence-corrected chi connectivity index (χ3v) is 3.22. The van der Waals surface area contributed by atoms with Crippen LogP contribution in [0.5, 0.6) is 5.75 Å². The highest BCUT2D eigenvalue weighted by Crippen LogP contribution is 2.28. The fourth-order valence-electron chi connectivity index (χ4n) is 2.13. The van der Waals surface area contributed by atoms with E-state index in [9.17, 15) is 4.79 Å². The summed E-state index contributed by atoms with van der Waals surface area (Å²) >= 11 is 0. The largest absolute Gasteiger partial charge is 0.497 e. The number of hydrogen-bond acceptors (Lipinski definition) is 4. The van der Waals surface area contributed by atoms with E-state index in [0.717, 1.165) is 17.9 Å². The molecule has 1 aromatic carbocycles. The normalized spacial score (nSPS) is 14.5. The minimum absolute atomic E-state index is 0.141. The Morgan fingerprint density at radius 1 is 1.42 bits per heavy atom. The molecule has 2 rings (SSSR count). The highest BCUT2D eigenvalue weighted by atomic mass is 16.5. The molecule has 0 atom stereocenters. The lowest BCUT2D eigenvalue weighted by atomic mass is 10.2. The van der Waals surface area contributed by atoms with Crippen molar-refractivity contribution in [3.63, 3.8) is 0 Å². The maximum absolute atomic E-state index is 11.6. The van der Waals surface area contributed by atoms with Gasteiger partial charge in [-0.3, -0.25) is 9.69 Å². The summed E-state index contributed by atoms with van der Waals surface area (Å²) in [6.07, 6.45) is 2.34. The Labute approximate surface area is 114 Å². The lowest BCUT2D eigenvalue weighted by molar-refractivity contribution is -0.144. The molecule has 104 valence electrons. The zero-order valence-electron chi connectivity index (χ0n) is 11.6. The molecule has 0 aliphatic heterocycles. The summed E-state index contributed by atoms with van der Waals surface area (Å²) in [5.74, 6) is 0.710. The maximum atomic E-state index is 11.6. The van der Waals surface area contributed by atoms with E-state index in [2.05, 4.69) is 11.0 Å². The van der Waals surface area contributed by atoms with Gasteiger partial charge in [0.2, 0.25) is 0 Å². The zero-order valence-corrected chi connectivity index (χ0v) is 11.6. The van der Waals surface area contributed by atoms with Crippen LogP contribution in [0.3, 0.4) is 0 Å². The Balaban J connectivity index is 1.97. The predicted molar refractivity (Wildman–Crippen MR) is 73.1 cm³/mol. The third-order valence-electron chi connectivity index (χ3n) is 3.22. The minimum Gasteiger partial charge on any atom is -0.497 e. The van der Waals surface area contributed by atoms with Crippen molar-refractivity contribution in [2.75, 3.05) is 20.3 Å². The van der Waals surface area contributed by atoms with Crippen molar-refractivity contribution in [1.82, 2.24) is 4.90 Å². The fourth-order valence-corrected chi connectivity index (χ4v) is 2.13. The third kappa shape index (κ3) is 4.24. The van der Waals surface area contributed by atoms with Crippen LogP contribution in [-0.2, 0) is 16.1 Å². The maximum Gasteiger partial charge on any atom is 0.320 e. The van der Waals surface area contributed by atoms with Crippen LogP contribution in [0.15, 0.2) is 24.3 Å². The molecular weight excluding hydrogens is 242 g/mol. The second-order valence-electron chi connectivity index (χ2n) is 4.79. The molecule has 0 radical (unpaired) electrons. The monoisotopic (exact) mass is 263 g/mol. The highest BCUT2D eigenvalue weighted by Gasteiger charge is 2.30. The van der Waals surface area contributed by atoms with E-state index >= 15 is 0 Å². The summed E-state index contributed by atoms with van der Waals surface area (Å²) in [5, 5.41) is 0. The average molecular weight is 263 g/mol. The van der Waals surface area contributed by atoms with Gasteiger partial charge in [0.15, 0.2) is 0 Å². The van der Waals surface area contributed by atoms with Gasteiger partial charge >= 0.3 is 5.97 Å². The van der Waals surface area contributed by atoms with Crippen LogP contribution in [0.4, 0.5) is 0 Å². The van der Waals surface area contributed by atoms with Gasteiger partial charge < -0.3 is 9.47 Å². The van der Waals surface area contributed by atoms with Crippen molar-refractivity contribution in [3.05, 3.63) is 29.8 Å². The topological polar surface area (TPSA) is 38.8 Å². The number of esters is 1. The van der Waals surface area contributed by atoms with Crippen LogP contribution < -0.4 is 4.74 Å². The number of nitrogens with zero attached hydrogens (tertiary/aromatic N) is 1. The van der Waals surface area contributed by atoms with E-state index in [4.69, 9.17) is 9.47 Å². The van der Waals surface area contributed by atoms with Gasteiger partial charge in [-0.05, 0) is 37.5 Å². The van der Waals surface area contributed by atoms with E-state index in [1.165, 1.54) is 12.8 Å². The Morgan fingerprint density at radius 2 is 2.21 bits per heavy atom. The summed E-state index contributed by atoms with van der Waals surface area (Å²) in [4.78, 5) is 13.8. The summed E-state index contributed by atoms with van der Waals surface area (Å²) in [6, 6.07) is 8.50. The number of ether oxygens (including phenoxy) is 2. The molecule has 0 saturated heterocycles. The number of carbonyl (C=O) groups excluding carboxylic acids is 1. The molecule has 0 unspecified atom stereocenters. The first-order valence-corrected chi connectivity index (χ1v) is 6.75. The van der Waals surface area contributed by atoms with Gasteiger partial charge in [0.25, 0.3) is 0 Å². The number of carbonyl (C=O) groups is 1. The molecule has 0 N–H and O–H groups in total. The minimum atomic E-state index is -0.141. The Kier molecular flexibility index (Phi) is 4.80. The molecule has 4 heteroatoms. The molecule has 0 spiro atoms. The quantitative estimate of drug-likeness (QED) is 0.707. The zero-order chi connectivity index (χ0) is 13.7. The summed E-state index contributed by atoms with van der Waals surface area (Å²) in [5.41, 5.74) is 1.16. The molecule has 1 saturated carbocycles. The van der Waals surface area contributed by atoms with Crippen molar-refractivity contribution in [2.24, 2.45) is 0 Å². The standard InChI is InChI=1S/C15H21NO3/c1-3-19-15(17)11-16(13-7-8-13)10-12-5-4-6-14(9-12)18-2/h4-6,9,13H,3,7-8,10-11H2,1-2H3. The van der Waals surface area contributed by atoms with Crippen LogP contribution in [0, 0.1) is 0 Å². The van der Waals surface area contributed by atoms with Gasteiger partial charge in [-0.25, -0.2) is 0 Å². The highest BCUT2D eigenvalue weighted by molar-refractivity contribution is 5.71. The van der Waals surface area contributed by atoms with Crippen molar-refractivity contribution in [2.45, 2.75) is 32.4 Å². The molecule has 19 heavy (non-hydrogen) atoms. The fraction of sp³-hybridized carbons (Fsp3) is 0.533. The van der Waals surface area contributed by atoms with E-state index in [1.54, 1.807) is 7.11 Å². The molecule has 1 fully saturated rings. The molecular formula is C15H21NO3. The van der Waals surface area contributed by atoms with Gasteiger partial charge in [-0.1, -0.05) is 12.1 Å². The molecule has 1 aliphatic carbocycles. The number of benzene rings is 1. The molecule has 1 aromatic rings. The summed E-state index contributed by atoms with van der Waals surface area (Å²) < 4.78 is 10.2. The van der Waals surface area contributed by atoms with Gasteiger partial charge in [0.1, 0.15) is 5.75 Å². The lowest BCUT2D eigenvalue weighted by Gasteiger charge is -2.21. The van der Waals surface area contributed by atoms with Crippen LogP contribution in [0.25, 0.3) is 0 Å². The second kappa shape index (κ2) is 6.57. The van der Waals surface area contributed by atoms with Gasteiger partial charge in [0.05, 0.1) is 20.3 Å². The van der Waals surface area contributed by atoms with Crippen LogP contribution >= 0.6 is 0 Å². The SMILES string of the molecule is CCOC(=O)CN(Cc1cccc(OC)c1)C1CC1. The number of hydrogen-bond donors (Lipinski definition) is 0. The van der Waals surface area contributed by atoms with E-state index in [0.29, 0.717) is 19.2 Å². The predicted octanol–water partition coefficient (Wildman–Crippen LogP) is 2.22. The lowest BCUT2D eigenvalue weighted by Crippen LogP contribution is -2.32. The van der Waals surface area contributed by atoms with Crippen LogP contribution in [0.2, 0.25) is 0 Å². The van der Waals surface area contributed by atoms with Crippen molar-refractivity contribution in [1.29, 1.82) is 0 Å². The number of rotatable bonds is 7. The smallest absolute Gasteiger partial charge is 0.320 e. The van der Waals surface area contributed by atoms with Crippen molar-refractivity contribution < 1.29 is 14.3 Å². The van der Waals surface area contributed by atoms with Gasteiger partial charge in [0, 0.05) is 12.6 Å². The first-order valence-electron chi connectivity index (χ1n) is 6.75. The van der Waals surface area contributed by atoms with Crippen molar-refractivity contribution >= 4 is 5.97 Å². The molecule has 0 heterocycles. The van der Waals surface area contributed by atoms with Gasteiger partial charge in [-0.15, -0.1) is 0 Å². The van der Waals surface area contributed by atoms with Crippen molar-refractivity contribution in [3.8, 4) is 5.75 Å². The first-order chi connectivity index (χ1) is 9.22. The molecule has 0 amide bonds. The van der Waals surface area contributed by atoms with Crippen LogP contribution in [-0.4, -0.2) is 37.2 Å². The number of methoxy groups -OCH3 is 1. The van der Waals surface area contributed by atoms with E-state index in [-0.39, 0.29) is 5.97 Å². The molecule has 0 aromatic heterocycles. The molecule has 0 bridgehead atoms. The van der Waals surface area contributed by atoms with E-state index < -0.39 is 0 Å². The first kappa shape index (κ1) is 13.9. The second-order valence-corrected chi connectivity index (χ2v) is 4.79.